The maximum atomic E-state index is 12.3. The van der Waals surface area contributed by atoms with Gasteiger partial charge < -0.3 is 0 Å². The van der Waals surface area contributed by atoms with Crippen LogP contribution in [0.15, 0.2) is 36.5 Å². The second-order valence-corrected chi connectivity index (χ2v) is 4.99. The van der Waals surface area contributed by atoms with Crippen molar-refractivity contribution >= 4 is 5.78 Å². The number of aromatic nitrogens is 2. The molecule has 0 fully saturated rings. The van der Waals surface area contributed by atoms with Crippen LogP contribution < -0.4 is 0 Å². The number of nitrogens with zero attached hydrogens (tertiary/aromatic N) is 2. The Morgan fingerprint density at radius 3 is 2.63 bits per heavy atom. The molecule has 1 aromatic heterocycles. The second-order valence-electron chi connectivity index (χ2n) is 4.99. The van der Waals surface area contributed by atoms with Crippen molar-refractivity contribution in [3.63, 3.8) is 0 Å². The minimum Gasteiger partial charge on any atom is -0.294 e. The lowest BCUT2D eigenvalue weighted by molar-refractivity contribution is 0.0991. The molecule has 0 aliphatic rings. The lowest BCUT2D eigenvalue weighted by atomic mass is 9.99. The predicted octanol–water partition coefficient (Wildman–Crippen LogP) is 3.45. The molecule has 0 aliphatic carbocycles. The second kappa shape index (κ2) is 5.83. The third-order valence-corrected chi connectivity index (χ3v) is 3.23. The van der Waals surface area contributed by atoms with Gasteiger partial charge in [-0.1, -0.05) is 31.2 Å². The molecule has 0 amide bonds. The van der Waals surface area contributed by atoms with Crippen LogP contribution in [0.1, 0.15) is 48.4 Å². The lowest BCUT2D eigenvalue weighted by Crippen LogP contribution is -2.08. The molecule has 2 aromatic rings. The topological polar surface area (TPSA) is 34.9 Å². The Bertz CT molecular complexity index is 570. The molecule has 100 valence electrons. The van der Waals surface area contributed by atoms with E-state index in [4.69, 9.17) is 0 Å². The Kier molecular flexibility index (Phi) is 4.15. The van der Waals surface area contributed by atoms with Crippen LogP contribution in [0.5, 0.6) is 0 Å². The van der Waals surface area contributed by atoms with Crippen molar-refractivity contribution in [1.29, 1.82) is 0 Å². The molecule has 0 bridgehead atoms. The summed E-state index contributed by atoms with van der Waals surface area (Å²) in [6.07, 6.45) is 3.18. The number of carbonyl (C=O) groups excluding carboxylic acids is 1. The molecule has 2 rings (SSSR count). The van der Waals surface area contributed by atoms with Crippen LogP contribution in [0, 0.1) is 0 Å². The minimum atomic E-state index is 0.145. The summed E-state index contributed by atoms with van der Waals surface area (Å²) in [6, 6.07) is 10.1. The highest BCUT2D eigenvalue weighted by Crippen LogP contribution is 2.13. The predicted molar refractivity (Wildman–Crippen MR) is 76.5 cm³/mol. The van der Waals surface area contributed by atoms with Gasteiger partial charge in [0.15, 0.2) is 5.78 Å². The summed E-state index contributed by atoms with van der Waals surface area (Å²) in [7, 11) is 0. The van der Waals surface area contributed by atoms with Crippen molar-refractivity contribution in [2.24, 2.45) is 0 Å². The van der Waals surface area contributed by atoms with Crippen LogP contribution in [0.2, 0.25) is 0 Å². The molecule has 1 heterocycles. The highest BCUT2D eigenvalue weighted by Gasteiger charge is 2.12. The first-order valence-corrected chi connectivity index (χ1v) is 6.77. The Balaban J connectivity index is 2.16. The van der Waals surface area contributed by atoms with E-state index in [9.17, 15) is 4.79 Å². The van der Waals surface area contributed by atoms with Crippen LogP contribution in [0.4, 0.5) is 0 Å². The Morgan fingerprint density at radius 1 is 1.26 bits per heavy atom. The molecule has 1 aromatic carbocycles. The molecule has 0 spiro atoms. The quantitative estimate of drug-likeness (QED) is 0.768. The van der Waals surface area contributed by atoms with Gasteiger partial charge in [-0.3, -0.25) is 9.48 Å². The van der Waals surface area contributed by atoms with Gasteiger partial charge >= 0.3 is 0 Å². The minimum absolute atomic E-state index is 0.145. The normalized spacial score (nSPS) is 10.9. The van der Waals surface area contributed by atoms with Crippen molar-refractivity contribution in [3.05, 3.63) is 53.3 Å². The molecule has 0 radical (unpaired) electrons. The van der Waals surface area contributed by atoms with E-state index in [1.165, 1.54) is 0 Å². The van der Waals surface area contributed by atoms with Gasteiger partial charge in [0.05, 0.1) is 12.1 Å². The van der Waals surface area contributed by atoms with Crippen molar-refractivity contribution in [2.75, 3.05) is 0 Å². The fourth-order valence-corrected chi connectivity index (χ4v) is 2.12. The zero-order chi connectivity index (χ0) is 13.8. The van der Waals surface area contributed by atoms with Crippen LogP contribution in [0.25, 0.3) is 0 Å². The smallest absolute Gasteiger partial charge is 0.169 e. The lowest BCUT2D eigenvalue weighted by Gasteiger charge is -2.06. The van der Waals surface area contributed by atoms with Crippen LogP contribution in [0.3, 0.4) is 0 Å². The fourth-order valence-electron chi connectivity index (χ4n) is 2.12. The van der Waals surface area contributed by atoms with Gasteiger partial charge in [-0.25, -0.2) is 0 Å². The highest BCUT2D eigenvalue weighted by molar-refractivity contribution is 5.98. The van der Waals surface area contributed by atoms with Crippen molar-refractivity contribution in [1.82, 2.24) is 9.78 Å². The highest BCUT2D eigenvalue weighted by atomic mass is 16.1. The first kappa shape index (κ1) is 13.5. The first-order chi connectivity index (χ1) is 9.11. The number of carbonyl (C=O) groups is 1. The van der Waals surface area contributed by atoms with E-state index in [0.29, 0.717) is 12.5 Å². The van der Waals surface area contributed by atoms with Gasteiger partial charge in [-0.05, 0) is 31.9 Å². The number of aryl methyl sites for hydroxylation is 1. The van der Waals surface area contributed by atoms with Gasteiger partial charge in [-0.2, -0.15) is 5.10 Å². The largest absolute Gasteiger partial charge is 0.294 e. The van der Waals surface area contributed by atoms with Crippen LogP contribution in [-0.4, -0.2) is 15.6 Å². The standard InChI is InChI=1S/C16H20N2O/c1-4-13-7-5-6-8-15(13)16(19)11-14-9-10-18(17-14)12(2)3/h5-10,12H,4,11H2,1-3H3. The molecule has 19 heavy (non-hydrogen) atoms. The molecule has 3 nitrogen and oxygen atoms in total. The number of rotatable bonds is 5. The number of ketones is 1. The molecular weight excluding hydrogens is 236 g/mol. The fraction of sp³-hybridized carbons (Fsp3) is 0.375. The molecule has 0 unspecified atom stereocenters. The van der Waals surface area contributed by atoms with E-state index in [1.54, 1.807) is 0 Å². The average molecular weight is 256 g/mol. The molecule has 0 aliphatic heterocycles. The number of benzene rings is 1. The van der Waals surface area contributed by atoms with Gasteiger partial charge in [0, 0.05) is 17.8 Å². The summed E-state index contributed by atoms with van der Waals surface area (Å²) < 4.78 is 1.88. The SMILES string of the molecule is CCc1ccccc1C(=O)Cc1ccn(C(C)C)n1. The third-order valence-electron chi connectivity index (χ3n) is 3.23. The van der Waals surface area contributed by atoms with Crippen molar-refractivity contribution < 1.29 is 4.79 Å². The first-order valence-electron chi connectivity index (χ1n) is 6.77. The van der Waals surface area contributed by atoms with Crippen LogP contribution >= 0.6 is 0 Å². The summed E-state index contributed by atoms with van der Waals surface area (Å²) in [4.78, 5) is 12.3. The number of hydrogen-bond acceptors (Lipinski definition) is 2. The molecule has 0 atom stereocenters. The van der Waals surface area contributed by atoms with E-state index in [-0.39, 0.29) is 5.78 Å². The summed E-state index contributed by atoms with van der Waals surface area (Å²) in [6.45, 7) is 6.22. The summed E-state index contributed by atoms with van der Waals surface area (Å²) >= 11 is 0. The van der Waals surface area contributed by atoms with E-state index >= 15 is 0 Å². The van der Waals surface area contributed by atoms with Crippen molar-refractivity contribution in [2.45, 2.75) is 39.7 Å². The van der Waals surface area contributed by atoms with Gasteiger partial charge in [0.1, 0.15) is 0 Å². The summed E-state index contributed by atoms with van der Waals surface area (Å²) in [5.41, 5.74) is 2.77. The average Bonchev–Trinajstić information content (AvgIpc) is 2.87. The monoisotopic (exact) mass is 256 g/mol. The zero-order valence-corrected chi connectivity index (χ0v) is 11.8. The van der Waals surface area contributed by atoms with E-state index in [1.807, 2.05) is 41.2 Å². The maximum Gasteiger partial charge on any atom is 0.169 e. The molecular formula is C16H20N2O. The zero-order valence-electron chi connectivity index (χ0n) is 11.8. The van der Waals surface area contributed by atoms with E-state index < -0.39 is 0 Å². The number of Topliss-reactive ketones (excluding diaryl/α,β-unsaturated/α-hetero) is 1. The van der Waals surface area contributed by atoms with Crippen LogP contribution in [-0.2, 0) is 12.8 Å². The van der Waals surface area contributed by atoms with Gasteiger partial charge in [-0.15, -0.1) is 0 Å². The summed E-state index contributed by atoms with van der Waals surface area (Å²) in [5, 5.41) is 4.43. The summed E-state index contributed by atoms with van der Waals surface area (Å²) in [5.74, 6) is 0.145. The molecule has 0 N–H and O–H groups in total. The molecule has 0 saturated carbocycles. The Labute approximate surface area is 114 Å². The third kappa shape index (κ3) is 3.11. The Morgan fingerprint density at radius 2 is 2.00 bits per heavy atom. The molecule has 0 saturated heterocycles. The van der Waals surface area contributed by atoms with Crippen molar-refractivity contribution in [3.8, 4) is 0 Å². The van der Waals surface area contributed by atoms with Gasteiger partial charge in [0.2, 0.25) is 0 Å². The molecule has 3 heteroatoms. The maximum absolute atomic E-state index is 12.3. The Hall–Kier alpha value is -1.90. The van der Waals surface area contributed by atoms with E-state index in [2.05, 4.69) is 25.9 Å². The number of hydrogen-bond donors (Lipinski definition) is 0. The van der Waals surface area contributed by atoms with Gasteiger partial charge in [0.25, 0.3) is 0 Å². The van der Waals surface area contributed by atoms with E-state index in [0.717, 1.165) is 23.2 Å².